The number of nitrogens with zero attached hydrogens (tertiary/aromatic N) is 1. The van der Waals surface area contributed by atoms with Crippen molar-refractivity contribution in [1.82, 2.24) is 4.98 Å². The number of hydrogen-bond donors (Lipinski definition) is 0. The molecule has 5 nitrogen and oxygen atoms in total. The summed E-state index contributed by atoms with van der Waals surface area (Å²) >= 11 is 0. The van der Waals surface area contributed by atoms with E-state index in [1.54, 1.807) is 6.20 Å². The van der Waals surface area contributed by atoms with Gasteiger partial charge in [0.25, 0.3) is 0 Å². The van der Waals surface area contributed by atoms with Crippen LogP contribution in [0.2, 0.25) is 25.7 Å². The van der Waals surface area contributed by atoms with Crippen LogP contribution in [-0.2, 0) is 14.0 Å². The maximum absolute atomic E-state index is 6.25. The molecule has 0 spiro atoms. The van der Waals surface area contributed by atoms with E-state index in [2.05, 4.69) is 52.3 Å². The minimum absolute atomic E-state index is 0.216. The van der Waals surface area contributed by atoms with Gasteiger partial charge in [-0.25, -0.2) is 0 Å². The molecule has 152 valence electrons. The zero-order valence-electron chi connectivity index (χ0n) is 18.2. The zero-order chi connectivity index (χ0) is 20.6. The van der Waals surface area contributed by atoms with E-state index in [-0.39, 0.29) is 6.79 Å². The fourth-order valence-electron chi connectivity index (χ4n) is 2.95. The number of rotatable bonds is 7. The molecule has 0 bridgehead atoms. The third-order valence-corrected chi connectivity index (χ3v) is 7.27. The quantitative estimate of drug-likeness (QED) is 0.395. The largest absolute Gasteiger partial charge is 0.498 e. The van der Waals surface area contributed by atoms with Crippen molar-refractivity contribution in [3.8, 4) is 5.75 Å². The lowest BCUT2D eigenvalue weighted by Gasteiger charge is -2.32. The summed E-state index contributed by atoms with van der Waals surface area (Å²) in [5, 5.41) is 2.09. The molecular weight excluding hydrogens is 369 g/mol. The Morgan fingerprint density at radius 1 is 1.04 bits per heavy atom. The Hall–Kier alpha value is -1.41. The molecule has 0 saturated carbocycles. The molecule has 0 atom stereocenters. The average molecular weight is 401 g/mol. The van der Waals surface area contributed by atoms with E-state index >= 15 is 0 Å². The predicted molar refractivity (Wildman–Crippen MR) is 117 cm³/mol. The molecule has 2 heterocycles. The van der Waals surface area contributed by atoms with Crippen LogP contribution >= 0.6 is 0 Å². The molecule has 1 aliphatic rings. The Morgan fingerprint density at radius 3 is 2.36 bits per heavy atom. The van der Waals surface area contributed by atoms with Gasteiger partial charge in [0.2, 0.25) is 0 Å². The average Bonchev–Trinajstić information content (AvgIpc) is 2.80. The molecule has 7 heteroatoms. The van der Waals surface area contributed by atoms with Crippen molar-refractivity contribution >= 4 is 31.4 Å². The lowest BCUT2D eigenvalue weighted by Crippen LogP contribution is -2.41. The van der Waals surface area contributed by atoms with E-state index in [4.69, 9.17) is 18.8 Å². The van der Waals surface area contributed by atoms with Crippen LogP contribution < -0.4 is 10.2 Å². The molecule has 1 fully saturated rings. The molecular formula is C21H32BNO4Si. The summed E-state index contributed by atoms with van der Waals surface area (Å²) in [6, 6.07) is 7.15. The second-order valence-corrected chi connectivity index (χ2v) is 15.3. The van der Waals surface area contributed by atoms with Crippen LogP contribution in [0.25, 0.3) is 10.8 Å². The van der Waals surface area contributed by atoms with Crippen molar-refractivity contribution in [3.05, 3.63) is 30.6 Å². The first-order valence-corrected chi connectivity index (χ1v) is 13.6. The lowest BCUT2D eigenvalue weighted by atomic mass is 9.77. The standard InChI is InChI=1S/C21H32BNO4Si/c1-20(2)21(3,4)27-22(26-20)18-12-17-14-23-9-8-16(17)13-19(18)25-15-24-10-11-28(5,6)7/h8-9,12-14H,10-11,15H2,1-7H3. The predicted octanol–water partition coefficient (Wildman–Crippen LogP) is 4.23. The highest BCUT2D eigenvalue weighted by Gasteiger charge is 2.52. The summed E-state index contributed by atoms with van der Waals surface area (Å²) in [6.45, 7) is 16.2. The van der Waals surface area contributed by atoms with Crippen molar-refractivity contribution in [2.45, 2.75) is 64.6 Å². The van der Waals surface area contributed by atoms with E-state index in [1.807, 2.05) is 24.4 Å². The molecule has 1 aromatic carbocycles. The summed E-state index contributed by atoms with van der Waals surface area (Å²) in [5.74, 6) is 0.727. The van der Waals surface area contributed by atoms with Crippen LogP contribution in [0.15, 0.2) is 30.6 Å². The highest BCUT2D eigenvalue weighted by Crippen LogP contribution is 2.37. The Kier molecular flexibility index (Phi) is 5.92. The highest BCUT2D eigenvalue weighted by atomic mass is 28.3. The molecule has 0 unspecified atom stereocenters. The number of ether oxygens (including phenoxy) is 2. The number of hydrogen-bond acceptors (Lipinski definition) is 5. The molecule has 1 aromatic heterocycles. The number of aromatic nitrogens is 1. The Balaban J connectivity index is 1.81. The van der Waals surface area contributed by atoms with Gasteiger partial charge in [0.05, 0.1) is 11.2 Å². The van der Waals surface area contributed by atoms with E-state index < -0.39 is 26.4 Å². The zero-order valence-corrected chi connectivity index (χ0v) is 19.2. The minimum atomic E-state index is -1.11. The summed E-state index contributed by atoms with van der Waals surface area (Å²) < 4.78 is 24.3. The topological polar surface area (TPSA) is 49.8 Å². The molecule has 2 aromatic rings. The van der Waals surface area contributed by atoms with Gasteiger partial charge in [0, 0.05) is 32.5 Å². The molecule has 0 aliphatic carbocycles. The van der Waals surface area contributed by atoms with Crippen LogP contribution in [0.4, 0.5) is 0 Å². The fraction of sp³-hybridized carbons (Fsp3) is 0.571. The molecule has 28 heavy (non-hydrogen) atoms. The number of benzene rings is 1. The molecule has 0 radical (unpaired) electrons. The molecule has 1 saturated heterocycles. The Morgan fingerprint density at radius 2 is 1.71 bits per heavy atom. The maximum atomic E-state index is 6.25. The van der Waals surface area contributed by atoms with Crippen LogP contribution in [0.3, 0.4) is 0 Å². The normalized spacial score (nSPS) is 18.6. The lowest BCUT2D eigenvalue weighted by molar-refractivity contribution is 0.00578. The van der Waals surface area contributed by atoms with Crippen LogP contribution in [0.1, 0.15) is 27.7 Å². The molecule has 3 rings (SSSR count). The maximum Gasteiger partial charge on any atom is 0.498 e. The summed E-state index contributed by atoms with van der Waals surface area (Å²) in [7, 11) is -1.61. The first-order valence-electron chi connectivity index (χ1n) is 9.92. The smallest absolute Gasteiger partial charge is 0.468 e. The van der Waals surface area contributed by atoms with Gasteiger partial charge in [-0.15, -0.1) is 0 Å². The van der Waals surface area contributed by atoms with Gasteiger partial charge in [-0.05, 0) is 62.7 Å². The number of fused-ring (bicyclic) bond motifs is 1. The monoisotopic (exact) mass is 401 g/mol. The van der Waals surface area contributed by atoms with Crippen LogP contribution in [0, 0.1) is 0 Å². The van der Waals surface area contributed by atoms with Crippen molar-refractivity contribution in [2.24, 2.45) is 0 Å². The van der Waals surface area contributed by atoms with Crippen molar-refractivity contribution in [2.75, 3.05) is 13.4 Å². The van der Waals surface area contributed by atoms with Gasteiger partial charge in [-0.3, -0.25) is 4.98 Å². The highest BCUT2D eigenvalue weighted by molar-refractivity contribution is 6.76. The third-order valence-electron chi connectivity index (χ3n) is 5.57. The Bertz CT molecular complexity index is 819. The van der Waals surface area contributed by atoms with Crippen LogP contribution in [-0.4, -0.2) is 44.8 Å². The van der Waals surface area contributed by atoms with E-state index in [0.717, 1.165) is 34.6 Å². The van der Waals surface area contributed by atoms with Crippen molar-refractivity contribution in [1.29, 1.82) is 0 Å². The second-order valence-electron chi connectivity index (χ2n) is 9.68. The van der Waals surface area contributed by atoms with Gasteiger partial charge in [0.15, 0.2) is 6.79 Å². The van der Waals surface area contributed by atoms with Crippen LogP contribution in [0.5, 0.6) is 5.75 Å². The van der Waals surface area contributed by atoms with Gasteiger partial charge >= 0.3 is 7.12 Å². The van der Waals surface area contributed by atoms with Gasteiger partial charge in [-0.2, -0.15) is 0 Å². The summed E-state index contributed by atoms with van der Waals surface area (Å²) in [6.07, 6.45) is 3.63. The fourth-order valence-corrected chi connectivity index (χ4v) is 3.71. The van der Waals surface area contributed by atoms with E-state index in [1.165, 1.54) is 0 Å². The summed E-state index contributed by atoms with van der Waals surface area (Å²) in [5.41, 5.74) is 0.0484. The second kappa shape index (κ2) is 7.78. The van der Waals surface area contributed by atoms with Crippen molar-refractivity contribution < 1.29 is 18.8 Å². The number of pyridine rings is 1. The van der Waals surface area contributed by atoms with Gasteiger partial charge in [0.1, 0.15) is 5.75 Å². The molecule has 0 N–H and O–H groups in total. The summed E-state index contributed by atoms with van der Waals surface area (Å²) in [4.78, 5) is 4.23. The first-order chi connectivity index (χ1) is 13.0. The molecule has 1 aliphatic heterocycles. The SMILES string of the molecule is CC1(C)OB(c2cc3cnccc3cc2OCOCC[Si](C)(C)C)OC1(C)C. The van der Waals surface area contributed by atoms with E-state index in [0.29, 0.717) is 0 Å². The van der Waals surface area contributed by atoms with E-state index in [9.17, 15) is 0 Å². The third kappa shape index (κ3) is 4.77. The van der Waals surface area contributed by atoms with Gasteiger partial charge in [-0.1, -0.05) is 19.6 Å². The van der Waals surface area contributed by atoms with Gasteiger partial charge < -0.3 is 18.8 Å². The minimum Gasteiger partial charge on any atom is -0.468 e. The Labute approximate surface area is 169 Å². The van der Waals surface area contributed by atoms with Crippen molar-refractivity contribution in [3.63, 3.8) is 0 Å². The first kappa shape index (κ1) is 21.3. The molecule has 0 amide bonds.